The molecule has 7 nitrogen and oxygen atoms in total. The van der Waals surface area contributed by atoms with Gasteiger partial charge >= 0.3 is 6.09 Å². The van der Waals surface area contributed by atoms with Crippen LogP contribution in [0.1, 0.15) is 39.7 Å². The summed E-state index contributed by atoms with van der Waals surface area (Å²) in [6.45, 7) is 6.88. The highest BCUT2D eigenvalue weighted by atomic mass is 16.6. The third kappa shape index (κ3) is 3.29. The molecule has 3 heterocycles. The van der Waals surface area contributed by atoms with Gasteiger partial charge in [-0.2, -0.15) is 9.61 Å². The third-order valence-electron chi connectivity index (χ3n) is 4.89. The normalized spacial score (nSPS) is 16.2. The number of hydrogen-bond donors (Lipinski definition) is 0. The van der Waals surface area contributed by atoms with Gasteiger partial charge in [0.05, 0.1) is 5.52 Å². The third-order valence-corrected chi connectivity index (χ3v) is 4.89. The number of nitrogens with zero attached hydrogens (tertiary/aromatic N) is 4. The average Bonchev–Trinajstić information content (AvgIpc) is 3.02. The van der Waals surface area contributed by atoms with E-state index in [1.807, 2.05) is 51.2 Å². The molecule has 1 aliphatic rings. The van der Waals surface area contributed by atoms with Gasteiger partial charge in [-0.1, -0.05) is 12.1 Å². The van der Waals surface area contributed by atoms with Crippen LogP contribution >= 0.6 is 0 Å². The summed E-state index contributed by atoms with van der Waals surface area (Å²) >= 11 is 0. The molecule has 0 atom stereocenters. The number of aromatic nitrogens is 3. The molecular formula is C20H24N4O3. The van der Waals surface area contributed by atoms with Gasteiger partial charge in [-0.05, 0) is 45.7 Å². The lowest BCUT2D eigenvalue weighted by atomic mass is 10.0. The van der Waals surface area contributed by atoms with E-state index < -0.39 is 5.60 Å². The van der Waals surface area contributed by atoms with E-state index in [2.05, 4.69) is 9.67 Å². The Labute approximate surface area is 157 Å². The second-order valence-electron chi connectivity index (χ2n) is 8.01. The second-order valence-corrected chi connectivity index (χ2v) is 8.01. The average molecular weight is 368 g/mol. The molecule has 1 saturated heterocycles. The summed E-state index contributed by atoms with van der Waals surface area (Å²) < 4.78 is 9.08. The van der Waals surface area contributed by atoms with Crippen LogP contribution in [-0.4, -0.2) is 43.9 Å². The summed E-state index contributed by atoms with van der Waals surface area (Å²) in [7, 11) is 0. The monoisotopic (exact) mass is 368 g/mol. The van der Waals surface area contributed by atoms with Crippen LogP contribution in [0.4, 0.5) is 4.79 Å². The number of ether oxygens (including phenoxy) is 1. The van der Waals surface area contributed by atoms with E-state index in [0.29, 0.717) is 13.1 Å². The Balaban J connectivity index is 1.62. The highest BCUT2D eigenvalue weighted by Gasteiger charge is 2.28. The van der Waals surface area contributed by atoms with E-state index in [1.165, 1.54) is 4.52 Å². The first-order chi connectivity index (χ1) is 12.8. The largest absolute Gasteiger partial charge is 0.444 e. The highest BCUT2D eigenvalue weighted by Crippen LogP contribution is 2.28. The summed E-state index contributed by atoms with van der Waals surface area (Å²) in [5.74, 6) is 0. The molecular weight excluding hydrogens is 344 g/mol. The van der Waals surface area contributed by atoms with Gasteiger partial charge in [0.15, 0.2) is 0 Å². The number of fused-ring (bicyclic) bond motifs is 3. The first-order valence-corrected chi connectivity index (χ1v) is 9.30. The molecule has 1 aliphatic heterocycles. The molecule has 0 unspecified atom stereocenters. The van der Waals surface area contributed by atoms with Crippen molar-refractivity contribution >= 4 is 22.6 Å². The Kier molecular flexibility index (Phi) is 4.17. The Morgan fingerprint density at radius 2 is 1.85 bits per heavy atom. The van der Waals surface area contributed by atoms with Gasteiger partial charge in [-0.15, -0.1) is 0 Å². The zero-order valence-corrected chi connectivity index (χ0v) is 15.9. The maximum atomic E-state index is 12.3. The minimum absolute atomic E-state index is 0.136. The summed E-state index contributed by atoms with van der Waals surface area (Å²) in [5.41, 5.74) is 0.994. The number of amides is 1. The van der Waals surface area contributed by atoms with Crippen molar-refractivity contribution in [3.8, 4) is 0 Å². The molecule has 7 heteroatoms. The molecule has 0 saturated carbocycles. The predicted octanol–water partition coefficient (Wildman–Crippen LogP) is 3.22. The lowest BCUT2D eigenvalue weighted by Crippen LogP contribution is -2.42. The van der Waals surface area contributed by atoms with Crippen molar-refractivity contribution in [2.75, 3.05) is 13.1 Å². The van der Waals surface area contributed by atoms with Gasteiger partial charge in [-0.3, -0.25) is 4.79 Å². The van der Waals surface area contributed by atoms with Gasteiger partial charge in [0.1, 0.15) is 11.2 Å². The quantitative estimate of drug-likeness (QED) is 0.661. The van der Waals surface area contributed by atoms with Crippen molar-refractivity contribution in [3.05, 3.63) is 46.9 Å². The van der Waals surface area contributed by atoms with Crippen LogP contribution in [0, 0.1) is 0 Å². The fraction of sp³-hybridized carbons (Fsp3) is 0.450. The van der Waals surface area contributed by atoms with Crippen LogP contribution in [0.5, 0.6) is 0 Å². The zero-order chi connectivity index (χ0) is 19.2. The summed E-state index contributed by atoms with van der Waals surface area (Å²) in [4.78, 5) is 26.3. The number of likely N-dealkylation sites (tertiary alicyclic amines) is 1. The molecule has 3 aromatic rings. The molecule has 27 heavy (non-hydrogen) atoms. The maximum Gasteiger partial charge on any atom is 0.410 e. The SMILES string of the molecule is CC(C)(C)OC(=O)N1CCC(n2ccc(=O)n3nc4ccccc4c23)CC1. The molecule has 0 aliphatic carbocycles. The highest BCUT2D eigenvalue weighted by molar-refractivity contribution is 5.92. The van der Waals surface area contributed by atoms with Crippen molar-refractivity contribution in [3.63, 3.8) is 0 Å². The van der Waals surface area contributed by atoms with Crippen LogP contribution in [0.3, 0.4) is 0 Å². The molecule has 0 radical (unpaired) electrons. The maximum absolute atomic E-state index is 12.3. The van der Waals surface area contributed by atoms with Gasteiger partial charge in [0.25, 0.3) is 5.56 Å². The van der Waals surface area contributed by atoms with Crippen LogP contribution < -0.4 is 5.56 Å². The molecule has 0 bridgehead atoms. The first-order valence-electron chi connectivity index (χ1n) is 9.30. The van der Waals surface area contributed by atoms with E-state index in [-0.39, 0.29) is 17.7 Å². The number of carbonyl (C=O) groups is 1. The van der Waals surface area contributed by atoms with Gasteiger partial charge in [0, 0.05) is 36.8 Å². The van der Waals surface area contributed by atoms with Crippen molar-refractivity contribution < 1.29 is 9.53 Å². The molecule has 2 aromatic heterocycles. The smallest absolute Gasteiger partial charge is 0.410 e. The van der Waals surface area contributed by atoms with Crippen molar-refractivity contribution in [2.45, 2.75) is 45.3 Å². The van der Waals surface area contributed by atoms with E-state index in [4.69, 9.17) is 4.74 Å². The molecule has 0 spiro atoms. The molecule has 1 fully saturated rings. The molecule has 142 valence electrons. The summed E-state index contributed by atoms with van der Waals surface area (Å²) in [6, 6.07) is 9.53. The summed E-state index contributed by atoms with van der Waals surface area (Å²) in [6.07, 6.45) is 3.19. The molecule has 0 N–H and O–H groups in total. The minimum Gasteiger partial charge on any atom is -0.444 e. The number of piperidine rings is 1. The fourth-order valence-electron chi connectivity index (χ4n) is 3.65. The van der Waals surface area contributed by atoms with Crippen molar-refractivity contribution in [2.24, 2.45) is 0 Å². The minimum atomic E-state index is -0.491. The Morgan fingerprint density at radius 3 is 2.56 bits per heavy atom. The lowest BCUT2D eigenvalue weighted by Gasteiger charge is -2.34. The number of carbonyl (C=O) groups excluding carboxylic acids is 1. The molecule has 1 aromatic carbocycles. The van der Waals surface area contributed by atoms with Crippen LogP contribution in [0.2, 0.25) is 0 Å². The fourth-order valence-corrected chi connectivity index (χ4v) is 3.65. The zero-order valence-electron chi connectivity index (χ0n) is 15.9. The Morgan fingerprint density at radius 1 is 1.15 bits per heavy atom. The first kappa shape index (κ1) is 17.6. The van der Waals surface area contributed by atoms with Gasteiger partial charge < -0.3 is 14.2 Å². The Bertz CT molecular complexity index is 1050. The van der Waals surface area contributed by atoms with Crippen molar-refractivity contribution in [1.29, 1.82) is 0 Å². The predicted molar refractivity (Wildman–Crippen MR) is 103 cm³/mol. The van der Waals surface area contributed by atoms with E-state index in [0.717, 1.165) is 29.4 Å². The number of rotatable bonds is 1. The van der Waals surface area contributed by atoms with E-state index in [1.54, 1.807) is 11.0 Å². The molecule has 4 rings (SSSR count). The number of benzene rings is 1. The van der Waals surface area contributed by atoms with E-state index in [9.17, 15) is 9.59 Å². The molecule has 1 amide bonds. The Hall–Kier alpha value is -2.83. The van der Waals surface area contributed by atoms with Crippen LogP contribution in [0.15, 0.2) is 41.3 Å². The second kappa shape index (κ2) is 6.40. The van der Waals surface area contributed by atoms with Gasteiger partial charge in [0.2, 0.25) is 0 Å². The topological polar surface area (TPSA) is 68.8 Å². The van der Waals surface area contributed by atoms with Crippen LogP contribution in [-0.2, 0) is 4.74 Å². The summed E-state index contributed by atoms with van der Waals surface area (Å²) in [5, 5.41) is 5.42. The van der Waals surface area contributed by atoms with Crippen molar-refractivity contribution in [1.82, 2.24) is 19.1 Å². The van der Waals surface area contributed by atoms with Crippen LogP contribution in [0.25, 0.3) is 16.6 Å². The standard InChI is InChI=1S/C20H24N4O3/c1-20(2,3)27-19(26)22-11-8-14(9-12-22)23-13-10-17(25)24-18(23)15-6-4-5-7-16(15)21-24/h4-7,10,13-14H,8-9,11-12H2,1-3H3. The number of hydrogen-bond acceptors (Lipinski definition) is 4. The van der Waals surface area contributed by atoms with Gasteiger partial charge in [-0.25, -0.2) is 4.79 Å². The van der Waals surface area contributed by atoms with E-state index >= 15 is 0 Å². The lowest BCUT2D eigenvalue weighted by molar-refractivity contribution is 0.0189.